The zero-order valence-electron chi connectivity index (χ0n) is 18.9. The highest BCUT2D eigenvalue weighted by Gasteiger charge is 2.27. The summed E-state index contributed by atoms with van der Waals surface area (Å²) in [6.07, 6.45) is 1.56. The molecule has 1 saturated heterocycles. The minimum absolute atomic E-state index is 0.0539. The smallest absolute Gasteiger partial charge is 0.194 e. The van der Waals surface area contributed by atoms with Crippen LogP contribution >= 0.6 is 0 Å². The highest BCUT2D eigenvalue weighted by atomic mass is 19.1. The van der Waals surface area contributed by atoms with Crippen LogP contribution in [0.3, 0.4) is 0 Å². The Kier molecular flexibility index (Phi) is 8.01. The lowest BCUT2D eigenvalue weighted by Gasteiger charge is -2.40. The molecule has 0 spiro atoms. The van der Waals surface area contributed by atoms with Gasteiger partial charge in [-0.3, -0.25) is 9.89 Å². The van der Waals surface area contributed by atoms with Crippen LogP contribution in [0.4, 0.5) is 8.78 Å². The number of piperazine rings is 1. The maximum atomic E-state index is 14.3. The highest BCUT2D eigenvalue weighted by Crippen LogP contribution is 2.28. The normalized spacial score (nSPS) is 16.6. The number of nitrogens with zero attached hydrogens (tertiary/aromatic N) is 4. The Morgan fingerprint density at radius 2 is 1.94 bits per heavy atom. The largest absolute Gasteiger partial charge is 0.361 e. The average Bonchev–Trinajstić information content (AvgIpc) is 3.07. The molecule has 1 unspecified atom stereocenters. The van der Waals surface area contributed by atoms with Crippen molar-refractivity contribution in [3.05, 3.63) is 52.4 Å². The standard InChI is InChI=1S/C23H33F2N5O/c1-5-22(20-8-7-18(24)15-21(20)25)29-11-13-30(14-12-29)23(26-6-2)27-10-9-19-16(3)28-31-17(19)4/h7-8,15,22H,5-6,9-14H2,1-4H3,(H,26,27). The Hall–Kier alpha value is -2.48. The number of hydrogen-bond acceptors (Lipinski definition) is 4. The van der Waals surface area contributed by atoms with Gasteiger partial charge in [0.2, 0.25) is 0 Å². The number of guanidine groups is 1. The molecular formula is C23H33F2N5O. The Labute approximate surface area is 183 Å². The van der Waals surface area contributed by atoms with Gasteiger partial charge >= 0.3 is 0 Å². The van der Waals surface area contributed by atoms with Gasteiger partial charge in [-0.1, -0.05) is 18.1 Å². The van der Waals surface area contributed by atoms with Gasteiger partial charge < -0.3 is 14.7 Å². The summed E-state index contributed by atoms with van der Waals surface area (Å²) in [5.41, 5.74) is 2.61. The Morgan fingerprint density at radius 3 is 2.52 bits per heavy atom. The molecule has 170 valence electrons. The second kappa shape index (κ2) is 10.7. The second-order valence-corrected chi connectivity index (χ2v) is 7.90. The van der Waals surface area contributed by atoms with E-state index >= 15 is 0 Å². The van der Waals surface area contributed by atoms with Crippen LogP contribution in [0.15, 0.2) is 27.7 Å². The summed E-state index contributed by atoms with van der Waals surface area (Å²) in [5, 5.41) is 7.39. The van der Waals surface area contributed by atoms with Gasteiger partial charge in [0.15, 0.2) is 5.96 Å². The van der Waals surface area contributed by atoms with E-state index in [1.807, 2.05) is 20.8 Å². The number of nitrogens with one attached hydrogen (secondary N) is 1. The zero-order chi connectivity index (χ0) is 22.4. The predicted molar refractivity (Wildman–Crippen MR) is 118 cm³/mol. The van der Waals surface area contributed by atoms with Gasteiger partial charge in [-0.25, -0.2) is 8.78 Å². The van der Waals surface area contributed by atoms with Crippen molar-refractivity contribution in [3.63, 3.8) is 0 Å². The molecule has 2 aromatic rings. The van der Waals surface area contributed by atoms with Crippen LogP contribution < -0.4 is 5.32 Å². The first-order valence-electron chi connectivity index (χ1n) is 11.1. The first-order valence-corrected chi connectivity index (χ1v) is 11.1. The van der Waals surface area contributed by atoms with E-state index in [9.17, 15) is 8.78 Å². The quantitative estimate of drug-likeness (QED) is 0.531. The lowest BCUT2D eigenvalue weighted by Crippen LogP contribution is -2.53. The van der Waals surface area contributed by atoms with Crippen molar-refractivity contribution in [2.24, 2.45) is 4.99 Å². The van der Waals surface area contributed by atoms with Gasteiger partial charge in [-0.2, -0.15) is 0 Å². The molecule has 3 rings (SSSR count). The van der Waals surface area contributed by atoms with Crippen molar-refractivity contribution in [1.29, 1.82) is 0 Å². The number of benzene rings is 1. The molecule has 6 nitrogen and oxygen atoms in total. The van der Waals surface area contributed by atoms with Crippen LogP contribution in [0.1, 0.15) is 48.9 Å². The van der Waals surface area contributed by atoms with Crippen molar-refractivity contribution >= 4 is 5.96 Å². The van der Waals surface area contributed by atoms with Gasteiger partial charge in [0.05, 0.1) is 5.69 Å². The molecule has 8 heteroatoms. The molecule has 0 saturated carbocycles. The molecule has 1 fully saturated rings. The number of aryl methyl sites for hydroxylation is 2. The Balaban J connectivity index is 1.62. The highest BCUT2D eigenvalue weighted by molar-refractivity contribution is 5.80. The van der Waals surface area contributed by atoms with Crippen molar-refractivity contribution in [1.82, 2.24) is 20.3 Å². The summed E-state index contributed by atoms with van der Waals surface area (Å²) in [4.78, 5) is 9.34. The average molecular weight is 434 g/mol. The molecule has 0 aliphatic carbocycles. The third kappa shape index (κ3) is 5.61. The van der Waals surface area contributed by atoms with Crippen LogP contribution in [0.25, 0.3) is 0 Å². The number of hydrogen-bond donors (Lipinski definition) is 1. The van der Waals surface area contributed by atoms with E-state index in [4.69, 9.17) is 9.52 Å². The van der Waals surface area contributed by atoms with Crippen molar-refractivity contribution in [3.8, 4) is 0 Å². The number of rotatable bonds is 7. The second-order valence-electron chi connectivity index (χ2n) is 7.90. The first kappa shape index (κ1) is 23.2. The van der Waals surface area contributed by atoms with Crippen LogP contribution in [-0.4, -0.2) is 60.2 Å². The van der Waals surface area contributed by atoms with Gasteiger partial charge in [-0.05, 0) is 39.7 Å². The van der Waals surface area contributed by atoms with E-state index in [2.05, 4.69) is 27.2 Å². The molecule has 31 heavy (non-hydrogen) atoms. The third-order valence-electron chi connectivity index (χ3n) is 5.90. The molecule has 0 bridgehead atoms. The number of halogens is 2. The van der Waals surface area contributed by atoms with Gasteiger partial charge in [0.25, 0.3) is 0 Å². The molecule has 1 aromatic heterocycles. The van der Waals surface area contributed by atoms with Gasteiger partial charge in [-0.15, -0.1) is 0 Å². The number of aliphatic imine (C=N–C) groups is 1. The van der Waals surface area contributed by atoms with E-state index < -0.39 is 11.6 Å². The molecule has 0 radical (unpaired) electrons. The van der Waals surface area contributed by atoms with Crippen LogP contribution in [-0.2, 0) is 6.42 Å². The first-order chi connectivity index (χ1) is 14.9. The van der Waals surface area contributed by atoms with Crippen molar-refractivity contribution in [2.75, 3.05) is 39.3 Å². The topological polar surface area (TPSA) is 56.9 Å². The zero-order valence-corrected chi connectivity index (χ0v) is 18.9. The number of aromatic nitrogens is 1. The minimum Gasteiger partial charge on any atom is -0.361 e. The summed E-state index contributed by atoms with van der Waals surface area (Å²) in [7, 11) is 0. The monoisotopic (exact) mass is 433 g/mol. The SMILES string of the molecule is CCNC(=NCCc1c(C)noc1C)N1CCN(C(CC)c2ccc(F)cc2F)CC1. The van der Waals surface area contributed by atoms with Gasteiger partial charge in [0.1, 0.15) is 17.4 Å². The molecule has 1 aliphatic heterocycles. The Morgan fingerprint density at radius 1 is 1.19 bits per heavy atom. The fourth-order valence-electron chi connectivity index (χ4n) is 4.25. The van der Waals surface area contributed by atoms with Crippen molar-refractivity contribution < 1.29 is 13.3 Å². The molecule has 1 aromatic carbocycles. The maximum Gasteiger partial charge on any atom is 0.194 e. The fourth-order valence-corrected chi connectivity index (χ4v) is 4.25. The summed E-state index contributed by atoms with van der Waals surface area (Å²) < 4.78 is 32.9. The maximum absolute atomic E-state index is 14.3. The molecule has 1 atom stereocenters. The summed E-state index contributed by atoms with van der Waals surface area (Å²) in [6, 6.07) is 3.84. The molecular weight excluding hydrogens is 400 g/mol. The summed E-state index contributed by atoms with van der Waals surface area (Å²) in [6.45, 7) is 12.6. The van der Waals surface area contributed by atoms with E-state index in [1.165, 1.54) is 6.07 Å². The molecule has 2 heterocycles. The van der Waals surface area contributed by atoms with E-state index in [-0.39, 0.29) is 6.04 Å². The third-order valence-corrected chi connectivity index (χ3v) is 5.90. The lowest BCUT2D eigenvalue weighted by atomic mass is 10.0. The van der Waals surface area contributed by atoms with E-state index in [1.54, 1.807) is 6.07 Å². The van der Waals surface area contributed by atoms with Crippen LogP contribution in [0.2, 0.25) is 0 Å². The predicted octanol–water partition coefficient (Wildman–Crippen LogP) is 3.85. The molecule has 1 N–H and O–H groups in total. The van der Waals surface area contributed by atoms with Crippen molar-refractivity contribution in [2.45, 2.75) is 46.6 Å². The summed E-state index contributed by atoms with van der Waals surface area (Å²) >= 11 is 0. The van der Waals surface area contributed by atoms with Crippen LogP contribution in [0.5, 0.6) is 0 Å². The minimum atomic E-state index is -0.538. The van der Waals surface area contributed by atoms with Gasteiger partial charge in [0, 0.05) is 62.5 Å². The molecule has 1 aliphatic rings. The Bertz CT molecular complexity index is 871. The van der Waals surface area contributed by atoms with E-state index in [0.29, 0.717) is 12.1 Å². The fraction of sp³-hybridized carbons (Fsp3) is 0.565. The van der Waals surface area contributed by atoms with E-state index in [0.717, 1.165) is 74.6 Å². The lowest BCUT2D eigenvalue weighted by molar-refractivity contribution is 0.124. The summed E-state index contributed by atoms with van der Waals surface area (Å²) in [5.74, 6) is 0.743. The molecule has 0 amide bonds. The van der Waals surface area contributed by atoms with Crippen LogP contribution in [0, 0.1) is 25.5 Å².